The van der Waals surface area contributed by atoms with Crippen LogP contribution in [0.1, 0.15) is 26.2 Å². The molecule has 6 heteroatoms. The van der Waals surface area contributed by atoms with Crippen molar-refractivity contribution in [3.05, 3.63) is 36.2 Å². The van der Waals surface area contributed by atoms with E-state index in [1.54, 1.807) is 11.0 Å². The Balaban J connectivity index is 1.51. The Morgan fingerprint density at radius 3 is 2.72 bits per heavy atom. The van der Waals surface area contributed by atoms with Crippen LogP contribution >= 0.6 is 0 Å². The number of nitrogens with zero attached hydrogens (tertiary/aromatic N) is 2. The van der Waals surface area contributed by atoms with Gasteiger partial charge in [-0.15, -0.1) is 0 Å². The molecule has 6 nitrogen and oxygen atoms in total. The summed E-state index contributed by atoms with van der Waals surface area (Å²) in [5.41, 5.74) is 1.37. The molecule has 0 spiro atoms. The molecule has 1 fully saturated rings. The normalized spacial score (nSPS) is 21.0. The molecular formula is C19H22N2O4. The number of benzene rings is 1. The van der Waals surface area contributed by atoms with Gasteiger partial charge in [-0.05, 0) is 30.4 Å². The van der Waals surface area contributed by atoms with Crippen LogP contribution in [0.4, 0.5) is 0 Å². The molecule has 0 bridgehead atoms. The minimum atomic E-state index is -0.589. The van der Waals surface area contributed by atoms with Crippen LogP contribution in [0.3, 0.4) is 0 Å². The Kier molecular flexibility index (Phi) is 5.16. The lowest BCUT2D eigenvalue weighted by atomic mass is 9.92. The van der Waals surface area contributed by atoms with E-state index >= 15 is 0 Å². The van der Waals surface area contributed by atoms with Gasteiger partial charge in [0.15, 0.2) is 12.2 Å². The summed E-state index contributed by atoms with van der Waals surface area (Å²) in [5, 5.41) is 0. The number of piperidine rings is 1. The molecule has 2 heterocycles. The van der Waals surface area contributed by atoms with Crippen LogP contribution in [0.25, 0.3) is 17.2 Å². The first-order chi connectivity index (χ1) is 12.0. The summed E-state index contributed by atoms with van der Waals surface area (Å²) in [6, 6.07) is 7.34. The van der Waals surface area contributed by atoms with Crippen molar-refractivity contribution in [3.8, 4) is 0 Å². The second kappa shape index (κ2) is 7.51. The number of carbonyl (C=O) groups excluding carboxylic acids is 2. The summed E-state index contributed by atoms with van der Waals surface area (Å²) in [4.78, 5) is 30.0. The van der Waals surface area contributed by atoms with E-state index in [0.29, 0.717) is 23.3 Å². The number of esters is 1. The van der Waals surface area contributed by atoms with Gasteiger partial charge in [0, 0.05) is 25.2 Å². The Labute approximate surface area is 146 Å². The molecule has 0 unspecified atom stereocenters. The van der Waals surface area contributed by atoms with Crippen LogP contribution in [0.2, 0.25) is 0 Å². The smallest absolute Gasteiger partial charge is 0.331 e. The average molecular weight is 342 g/mol. The Morgan fingerprint density at radius 1 is 1.28 bits per heavy atom. The van der Waals surface area contributed by atoms with Crippen molar-refractivity contribution >= 4 is 29.1 Å². The quantitative estimate of drug-likeness (QED) is 0.631. The fourth-order valence-corrected chi connectivity index (χ4v) is 3.24. The first-order valence-electron chi connectivity index (χ1n) is 8.49. The molecule has 0 N–H and O–H groups in total. The standard InChI is InChI=1S/C19H22N2O4/c1-13-9-14(2)11-21(10-13)18(22)12-24-19(23)8-7-17-20-15-5-3-4-6-16(15)25-17/h3-8,13-14H,9-12H2,1-2H3/b8-7+/t13-,14-/m1/s1. The SMILES string of the molecule is C[C@@H]1C[C@@H](C)CN(C(=O)COC(=O)/C=C/c2nc3ccccc3o2)C1. The van der Waals surface area contributed by atoms with Gasteiger partial charge in [0.05, 0.1) is 0 Å². The maximum Gasteiger partial charge on any atom is 0.331 e. The third-order valence-electron chi connectivity index (χ3n) is 4.23. The van der Waals surface area contributed by atoms with Gasteiger partial charge in [0.1, 0.15) is 5.52 Å². The molecule has 25 heavy (non-hydrogen) atoms. The second-order valence-electron chi connectivity index (χ2n) is 6.71. The summed E-state index contributed by atoms with van der Waals surface area (Å²) in [7, 11) is 0. The lowest BCUT2D eigenvalue weighted by Gasteiger charge is -2.34. The fourth-order valence-electron chi connectivity index (χ4n) is 3.24. The van der Waals surface area contributed by atoms with Gasteiger partial charge >= 0.3 is 5.97 Å². The fraction of sp³-hybridized carbons (Fsp3) is 0.421. The lowest BCUT2D eigenvalue weighted by Crippen LogP contribution is -2.44. The molecular weight excluding hydrogens is 320 g/mol. The first kappa shape index (κ1) is 17.2. The molecule has 132 valence electrons. The molecule has 2 aromatic rings. The largest absolute Gasteiger partial charge is 0.452 e. The van der Waals surface area contributed by atoms with Crippen molar-refractivity contribution in [2.45, 2.75) is 20.3 Å². The molecule has 1 aromatic carbocycles. The number of fused-ring (bicyclic) bond motifs is 1. The summed E-state index contributed by atoms with van der Waals surface area (Å²) in [5.74, 6) is 0.531. The number of oxazole rings is 1. The van der Waals surface area contributed by atoms with Gasteiger partial charge in [-0.3, -0.25) is 4.79 Å². The van der Waals surface area contributed by atoms with E-state index in [0.717, 1.165) is 25.0 Å². The minimum absolute atomic E-state index is 0.151. The van der Waals surface area contributed by atoms with Gasteiger partial charge in [-0.1, -0.05) is 26.0 Å². The van der Waals surface area contributed by atoms with Crippen LogP contribution < -0.4 is 0 Å². The molecule has 0 saturated carbocycles. The summed E-state index contributed by atoms with van der Waals surface area (Å²) >= 11 is 0. The zero-order valence-electron chi connectivity index (χ0n) is 14.5. The third-order valence-corrected chi connectivity index (χ3v) is 4.23. The second-order valence-corrected chi connectivity index (χ2v) is 6.71. The van der Waals surface area contributed by atoms with Crippen molar-refractivity contribution in [2.75, 3.05) is 19.7 Å². The van der Waals surface area contributed by atoms with Crippen molar-refractivity contribution in [3.63, 3.8) is 0 Å². The highest BCUT2D eigenvalue weighted by Gasteiger charge is 2.25. The van der Waals surface area contributed by atoms with Crippen LogP contribution in [0, 0.1) is 11.8 Å². The molecule has 0 radical (unpaired) electrons. The molecule has 2 atom stereocenters. The number of rotatable bonds is 4. The molecule has 1 amide bonds. The first-order valence-corrected chi connectivity index (χ1v) is 8.49. The van der Waals surface area contributed by atoms with E-state index in [9.17, 15) is 9.59 Å². The summed E-state index contributed by atoms with van der Waals surface area (Å²) < 4.78 is 10.5. The van der Waals surface area contributed by atoms with Crippen molar-refractivity contribution in [1.82, 2.24) is 9.88 Å². The van der Waals surface area contributed by atoms with Crippen LogP contribution in [0.15, 0.2) is 34.8 Å². The molecule has 1 aromatic heterocycles. The highest BCUT2D eigenvalue weighted by Crippen LogP contribution is 2.21. The van der Waals surface area contributed by atoms with Crippen molar-refractivity contribution < 1.29 is 18.7 Å². The van der Waals surface area contributed by atoms with Crippen LogP contribution in [-0.4, -0.2) is 41.5 Å². The lowest BCUT2D eigenvalue weighted by molar-refractivity contribution is -0.149. The van der Waals surface area contributed by atoms with Crippen molar-refractivity contribution in [1.29, 1.82) is 0 Å². The maximum absolute atomic E-state index is 12.2. The van der Waals surface area contributed by atoms with Gasteiger partial charge in [-0.25, -0.2) is 9.78 Å². The predicted molar refractivity (Wildman–Crippen MR) is 93.5 cm³/mol. The number of likely N-dealkylation sites (tertiary alicyclic amines) is 1. The van der Waals surface area contributed by atoms with Gasteiger partial charge in [-0.2, -0.15) is 0 Å². The van der Waals surface area contributed by atoms with E-state index in [4.69, 9.17) is 9.15 Å². The molecule has 0 aliphatic carbocycles. The monoisotopic (exact) mass is 342 g/mol. The van der Waals surface area contributed by atoms with Crippen LogP contribution in [0.5, 0.6) is 0 Å². The molecule has 1 aliphatic heterocycles. The highest BCUT2D eigenvalue weighted by atomic mass is 16.5. The van der Waals surface area contributed by atoms with E-state index in [1.807, 2.05) is 18.2 Å². The van der Waals surface area contributed by atoms with E-state index in [2.05, 4.69) is 18.8 Å². The highest BCUT2D eigenvalue weighted by molar-refractivity contribution is 5.89. The summed E-state index contributed by atoms with van der Waals surface area (Å²) in [6.07, 6.45) is 3.79. The zero-order valence-corrected chi connectivity index (χ0v) is 14.5. The van der Waals surface area contributed by atoms with Crippen molar-refractivity contribution in [2.24, 2.45) is 11.8 Å². The Morgan fingerprint density at radius 2 is 2.00 bits per heavy atom. The molecule has 1 aliphatic rings. The average Bonchev–Trinajstić information content (AvgIpc) is 3.00. The number of amides is 1. The van der Waals surface area contributed by atoms with Gasteiger partial charge in [0.25, 0.3) is 5.91 Å². The number of hydrogen-bond acceptors (Lipinski definition) is 5. The Bertz CT molecular complexity index is 753. The zero-order chi connectivity index (χ0) is 17.8. The van der Waals surface area contributed by atoms with E-state index in [1.165, 1.54) is 12.2 Å². The Hall–Kier alpha value is -2.63. The third kappa shape index (κ3) is 4.47. The number of para-hydroxylation sites is 2. The van der Waals surface area contributed by atoms with Gasteiger partial charge in [0.2, 0.25) is 5.89 Å². The number of carbonyl (C=O) groups is 2. The summed E-state index contributed by atoms with van der Waals surface area (Å²) in [6.45, 7) is 5.46. The number of hydrogen-bond donors (Lipinski definition) is 0. The van der Waals surface area contributed by atoms with Crippen LogP contribution in [-0.2, 0) is 14.3 Å². The predicted octanol–water partition coefficient (Wildman–Crippen LogP) is 2.89. The number of aromatic nitrogens is 1. The molecule has 1 saturated heterocycles. The minimum Gasteiger partial charge on any atom is -0.452 e. The van der Waals surface area contributed by atoms with E-state index < -0.39 is 5.97 Å². The van der Waals surface area contributed by atoms with E-state index in [-0.39, 0.29) is 12.5 Å². The van der Waals surface area contributed by atoms with Gasteiger partial charge < -0.3 is 14.1 Å². The topological polar surface area (TPSA) is 72.6 Å². The number of ether oxygens (including phenoxy) is 1. The molecule has 3 rings (SSSR count). The maximum atomic E-state index is 12.2.